The molecule has 2 rings (SSSR count). The summed E-state index contributed by atoms with van der Waals surface area (Å²) in [4.78, 5) is 12.3. The van der Waals surface area contributed by atoms with Crippen LogP contribution in [-0.4, -0.2) is 17.5 Å². The molecule has 1 aromatic carbocycles. The SMILES string of the molecule is Cc1ccc(C(=O)C2(CO)CC2)c(C)c1C. The molecule has 2 heteroatoms. The van der Waals surface area contributed by atoms with Crippen molar-refractivity contribution in [1.29, 1.82) is 0 Å². The molecule has 0 unspecified atom stereocenters. The van der Waals surface area contributed by atoms with Gasteiger partial charge in [-0.25, -0.2) is 0 Å². The molecule has 0 aromatic heterocycles. The molecule has 0 bridgehead atoms. The van der Waals surface area contributed by atoms with Gasteiger partial charge in [-0.3, -0.25) is 4.79 Å². The average molecular weight is 218 g/mol. The van der Waals surface area contributed by atoms with Crippen LogP contribution in [0.15, 0.2) is 12.1 Å². The van der Waals surface area contributed by atoms with E-state index in [0.29, 0.717) is 0 Å². The van der Waals surface area contributed by atoms with Gasteiger partial charge in [0.2, 0.25) is 0 Å². The van der Waals surface area contributed by atoms with Crippen LogP contribution in [0, 0.1) is 26.2 Å². The van der Waals surface area contributed by atoms with Crippen molar-refractivity contribution in [3.8, 4) is 0 Å². The maximum absolute atomic E-state index is 12.3. The normalized spacial score (nSPS) is 17.2. The first-order valence-corrected chi connectivity index (χ1v) is 5.74. The van der Waals surface area contributed by atoms with Crippen molar-refractivity contribution in [3.63, 3.8) is 0 Å². The van der Waals surface area contributed by atoms with Crippen molar-refractivity contribution >= 4 is 5.78 Å². The first-order valence-electron chi connectivity index (χ1n) is 5.74. The van der Waals surface area contributed by atoms with Crippen LogP contribution in [0.5, 0.6) is 0 Å². The molecule has 1 aromatic rings. The van der Waals surface area contributed by atoms with Crippen molar-refractivity contribution in [2.24, 2.45) is 5.41 Å². The average Bonchev–Trinajstić information content (AvgIpc) is 3.06. The third kappa shape index (κ3) is 1.57. The topological polar surface area (TPSA) is 37.3 Å². The molecule has 0 radical (unpaired) electrons. The Bertz CT molecular complexity index is 442. The lowest BCUT2D eigenvalue weighted by atomic mass is 9.89. The van der Waals surface area contributed by atoms with E-state index in [9.17, 15) is 9.90 Å². The van der Waals surface area contributed by atoms with Crippen molar-refractivity contribution in [1.82, 2.24) is 0 Å². The van der Waals surface area contributed by atoms with E-state index < -0.39 is 5.41 Å². The largest absolute Gasteiger partial charge is 0.395 e. The second-order valence-corrected chi connectivity index (χ2v) is 4.95. The molecular weight excluding hydrogens is 200 g/mol. The Labute approximate surface area is 96.3 Å². The van der Waals surface area contributed by atoms with Crippen molar-refractivity contribution in [2.45, 2.75) is 33.6 Å². The molecule has 86 valence electrons. The van der Waals surface area contributed by atoms with Gasteiger partial charge in [0.25, 0.3) is 0 Å². The van der Waals surface area contributed by atoms with E-state index in [-0.39, 0.29) is 12.4 Å². The van der Waals surface area contributed by atoms with Gasteiger partial charge in [0.15, 0.2) is 5.78 Å². The number of hydrogen-bond donors (Lipinski definition) is 1. The van der Waals surface area contributed by atoms with Crippen LogP contribution in [0.2, 0.25) is 0 Å². The molecule has 1 saturated carbocycles. The van der Waals surface area contributed by atoms with Gasteiger partial charge in [-0.1, -0.05) is 12.1 Å². The number of aliphatic hydroxyl groups is 1. The Morgan fingerprint density at radius 2 is 1.88 bits per heavy atom. The Balaban J connectivity index is 2.42. The molecule has 0 saturated heterocycles. The number of rotatable bonds is 3. The summed E-state index contributed by atoms with van der Waals surface area (Å²) in [5.41, 5.74) is 3.79. The van der Waals surface area contributed by atoms with Crippen LogP contribution >= 0.6 is 0 Å². The number of aryl methyl sites for hydroxylation is 1. The van der Waals surface area contributed by atoms with Crippen LogP contribution in [0.3, 0.4) is 0 Å². The summed E-state index contributed by atoms with van der Waals surface area (Å²) in [5.74, 6) is 0.121. The molecule has 0 heterocycles. The second kappa shape index (κ2) is 3.70. The highest BCUT2D eigenvalue weighted by Gasteiger charge is 2.49. The van der Waals surface area contributed by atoms with Gasteiger partial charge in [-0.05, 0) is 50.3 Å². The minimum absolute atomic E-state index is 0.0157. The smallest absolute Gasteiger partial charge is 0.171 e. The fourth-order valence-electron chi connectivity index (χ4n) is 2.10. The maximum atomic E-state index is 12.3. The van der Waals surface area contributed by atoms with Gasteiger partial charge < -0.3 is 5.11 Å². The Morgan fingerprint density at radius 1 is 1.25 bits per heavy atom. The number of carbonyl (C=O) groups is 1. The van der Waals surface area contributed by atoms with E-state index in [1.165, 1.54) is 11.1 Å². The quantitative estimate of drug-likeness (QED) is 0.792. The fraction of sp³-hybridized carbons (Fsp3) is 0.500. The number of Topliss-reactive ketones (excluding diaryl/α,β-unsaturated/α-hetero) is 1. The van der Waals surface area contributed by atoms with Gasteiger partial charge in [0.1, 0.15) is 0 Å². The fourth-order valence-corrected chi connectivity index (χ4v) is 2.10. The number of carbonyl (C=O) groups excluding carboxylic acids is 1. The van der Waals surface area contributed by atoms with E-state index >= 15 is 0 Å². The highest BCUT2D eigenvalue weighted by molar-refractivity contribution is 6.03. The van der Waals surface area contributed by atoms with Crippen molar-refractivity contribution in [2.75, 3.05) is 6.61 Å². The van der Waals surface area contributed by atoms with Gasteiger partial charge in [-0.15, -0.1) is 0 Å². The number of hydrogen-bond acceptors (Lipinski definition) is 2. The summed E-state index contributed by atoms with van der Waals surface area (Å²) in [6.45, 7) is 6.07. The lowest BCUT2D eigenvalue weighted by molar-refractivity contribution is 0.0829. The number of ketones is 1. The van der Waals surface area contributed by atoms with Gasteiger partial charge in [0.05, 0.1) is 12.0 Å². The predicted octanol–water partition coefficient (Wildman–Crippen LogP) is 2.57. The lowest BCUT2D eigenvalue weighted by Gasteiger charge is -2.15. The first kappa shape index (κ1) is 11.3. The zero-order chi connectivity index (χ0) is 11.9. The van der Waals surface area contributed by atoms with E-state index in [0.717, 1.165) is 24.0 Å². The van der Waals surface area contributed by atoms with Gasteiger partial charge in [-0.2, -0.15) is 0 Å². The zero-order valence-corrected chi connectivity index (χ0v) is 10.1. The van der Waals surface area contributed by atoms with Crippen LogP contribution in [0.4, 0.5) is 0 Å². The van der Waals surface area contributed by atoms with Crippen LogP contribution in [0.1, 0.15) is 39.9 Å². The minimum Gasteiger partial charge on any atom is -0.395 e. The van der Waals surface area contributed by atoms with E-state index in [2.05, 4.69) is 6.92 Å². The number of benzene rings is 1. The van der Waals surface area contributed by atoms with Gasteiger partial charge in [0, 0.05) is 5.56 Å². The van der Waals surface area contributed by atoms with Crippen molar-refractivity contribution in [3.05, 3.63) is 34.4 Å². The first-order chi connectivity index (χ1) is 7.52. The summed E-state index contributed by atoms with van der Waals surface area (Å²) in [7, 11) is 0. The molecule has 0 atom stereocenters. The zero-order valence-electron chi connectivity index (χ0n) is 10.1. The van der Waals surface area contributed by atoms with Gasteiger partial charge >= 0.3 is 0 Å². The predicted molar refractivity (Wildman–Crippen MR) is 63.7 cm³/mol. The third-order valence-electron chi connectivity index (χ3n) is 3.94. The Hall–Kier alpha value is -1.15. The molecule has 1 N–H and O–H groups in total. The molecule has 1 fully saturated rings. The highest BCUT2D eigenvalue weighted by Crippen LogP contribution is 2.48. The van der Waals surface area contributed by atoms with Crippen LogP contribution < -0.4 is 0 Å². The van der Waals surface area contributed by atoms with E-state index in [1.807, 2.05) is 26.0 Å². The molecule has 0 spiro atoms. The van der Waals surface area contributed by atoms with Crippen LogP contribution in [-0.2, 0) is 0 Å². The summed E-state index contributed by atoms with van der Waals surface area (Å²) >= 11 is 0. The molecule has 1 aliphatic rings. The molecule has 1 aliphatic carbocycles. The lowest BCUT2D eigenvalue weighted by Crippen LogP contribution is -2.21. The van der Waals surface area contributed by atoms with E-state index in [4.69, 9.17) is 0 Å². The second-order valence-electron chi connectivity index (χ2n) is 4.95. The van der Waals surface area contributed by atoms with Crippen LogP contribution in [0.25, 0.3) is 0 Å². The summed E-state index contributed by atoms with van der Waals surface area (Å²) in [5, 5.41) is 9.28. The molecule has 16 heavy (non-hydrogen) atoms. The minimum atomic E-state index is -0.452. The van der Waals surface area contributed by atoms with E-state index in [1.54, 1.807) is 0 Å². The molecular formula is C14H18O2. The van der Waals surface area contributed by atoms with Crippen molar-refractivity contribution < 1.29 is 9.90 Å². The third-order valence-corrected chi connectivity index (χ3v) is 3.94. The highest BCUT2D eigenvalue weighted by atomic mass is 16.3. The maximum Gasteiger partial charge on any atom is 0.171 e. The molecule has 0 amide bonds. The standard InChI is InChI=1S/C14H18O2/c1-9-4-5-12(11(3)10(9)2)13(16)14(8-15)6-7-14/h4-5,15H,6-8H2,1-3H3. The Kier molecular flexibility index (Phi) is 2.62. The number of aliphatic hydroxyl groups excluding tert-OH is 1. The monoisotopic (exact) mass is 218 g/mol. The molecule has 0 aliphatic heterocycles. The summed E-state index contributed by atoms with van der Waals surface area (Å²) in [6.07, 6.45) is 1.66. The Morgan fingerprint density at radius 3 is 2.38 bits per heavy atom. The summed E-state index contributed by atoms with van der Waals surface area (Å²) in [6, 6.07) is 3.89. The molecule has 2 nitrogen and oxygen atoms in total. The summed E-state index contributed by atoms with van der Waals surface area (Å²) < 4.78 is 0.